The Morgan fingerprint density at radius 2 is 1.82 bits per heavy atom. The van der Waals surface area contributed by atoms with Crippen molar-refractivity contribution in [3.8, 4) is 11.5 Å². The van der Waals surface area contributed by atoms with Crippen LogP contribution in [0.15, 0.2) is 30.7 Å². The van der Waals surface area contributed by atoms with Gasteiger partial charge >= 0.3 is 0 Å². The van der Waals surface area contributed by atoms with Crippen LogP contribution in [-0.2, 0) is 0 Å². The molecule has 5 heteroatoms. The topological polar surface area (TPSA) is 56.0 Å². The highest BCUT2D eigenvalue weighted by Gasteiger charge is 2.10. The minimum absolute atomic E-state index is 0.661. The second-order valence-corrected chi connectivity index (χ2v) is 3.89. The molecule has 0 bridgehead atoms. The van der Waals surface area contributed by atoms with Gasteiger partial charge in [-0.1, -0.05) is 0 Å². The smallest absolute Gasteiger partial charge is 0.234 e. The summed E-state index contributed by atoms with van der Waals surface area (Å²) in [5.74, 6) is 1.35. The Labute approximate surface area is 98.2 Å². The van der Waals surface area contributed by atoms with E-state index in [2.05, 4.69) is 19.9 Å². The lowest BCUT2D eigenvalue weighted by molar-refractivity contribution is 1.00. The summed E-state index contributed by atoms with van der Waals surface area (Å²) in [5, 5.41) is 0. The zero-order valence-corrected chi connectivity index (χ0v) is 9.62. The van der Waals surface area contributed by atoms with Crippen LogP contribution in [0.1, 0.15) is 11.4 Å². The molecule has 3 aromatic rings. The first-order chi connectivity index (χ1) is 8.25. The fourth-order valence-electron chi connectivity index (χ4n) is 1.91. The van der Waals surface area contributed by atoms with Crippen LogP contribution in [0.25, 0.3) is 17.3 Å². The Morgan fingerprint density at radius 3 is 2.59 bits per heavy atom. The Bertz CT molecular complexity index is 672. The maximum atomic E-state index is 4.38. The largest absolute Gasteiger partial charge is 0.278 e. The highest BCUT2D eigenvalue weighted by Crippen LogP contribution is 2.17. The summed E-state index contributed by atoms with van der Waals surface area (Å²) in [6, 6.07) is 3.81. The van der Waals surface area contributed by atoms with Gasteiger partial charge in [0.25, 0.3) is 0 Å². The van der Waals surface area contributed by atoms with Crippen LogP contribution in [-0.4, -0.2) is 24.3 Å². The van der Waals surface area contributed by atoms with Gasteiger partial charge in [-0.15, -0.1) is 0 Å². The van der Waals surface area contributed by atoms with Crippen molar-refractivity contribution in [2.75, 3.05) is 0 Å². The van der Waals surface area contributed by atoms with E-state index >= 15 is 0 Å². The average molecular weight is 225 g/mol. The van der Waals surface area contributed by atoms with E-state index in [0.29, 0.717) is 11.6 Å². The molecule has 0 saturated carbocycles. The quantitative estimate of drug-likeness (QED) is 0.633. The van der Waals surface area contributed by atoms with E-state index in [0.717, 1.165) is 17.1 Å². The van der Waals surface area contributed by atoms with E-state index in [1.54, 1.807) is 24.7 Å². The van der Waals surface area contributed by atoms with Gasteiger partial charge in [0.05, 0.1) is 6.20 Å². The van der Waals surface area contributed by atoms with Gasteiger partial charge in [-0.2, -0.15) is 0 Å². The van der Waals surface area contributed by atoms with E-state index in [1.807, 2.05) is 24.3 Å². The Kier molecular flexibility index (Phi) is 2.11. The number of rotatable bonds is 1. The zero-order chi connectivity index (χ0) is 11.8. The van der Waals surface area contributed by atoms with Gasteiger partial charge in [0.2, 0.25) is 5.78 Å². The molecule has 0 aliphatic carbocycles. The number of hydrogen-bond donors (Lipinski definition) is 0. The molecule has 0 radical (unpaired) electrons. The molecule has 3 aromatic heterocycles. The van der Waals surface area contributed by atoms with Crippen molar-refractivity contribution in [3.05, 3.63) is 42.1 Å². The van der Waals surface area contributed by atoms with Crippen LogP contribution in [0.3, 0.4) is 0 Å². The summed E-state index contributed by atoms with van der Waals surface area (Å²) in [6.45, 7) is 3.98. The molecular formula is C12H11N5. The van der Waals surface area contributed by atoms with Crippen LogP contribution in [0.4, 0.5) is 0 Å². The van der Waals surface area contributed by atoms with Crippen LogP contribution < -0.4 is 0 Å². The standard InChI is InChI=1S/C12H11N5/c1-8-6-9(2)17-10(7-15-12(17)16-8)11-13-4-3-5-14-11/h3-7H,1-2H3. The molecule has 3 heterocycles. The van der Waals surface area contributed by atoms with Crippen LogP contribution >= 0.6 is 0 Å². The third-order valence-electron chi connectivity index (χ3n) is 2.58. The van der Waals surface area contributed by atoms with Crippen molar-refractivity contribution in [2.24, 2.45) is 0 Å². The van der Waals surface area contributed by atoms with Crippen molar-refractivity contribution in [3.63, 3.8) is 0 Å². The monoisotopic (exact) mass is 225 g/mol. The fraction of sp³-hybridized carbons (Fsp3) is 0.167. The average Bonchev–Trinajstić information content (AvgIpc) is 2.74. The van der Waals surface area contributed by atoms with Gasteiger partial charge < -0.3 is 0 Å². The summed E-state index contributed by atoms with van der Waals surface area (Å²) in [7, 11) is 0. The molecule has 0 aromatic carbocycles. The first kappa shape index (κ1) is 9.89. The predicted octanol–water partition coefficient (Wildman–Crippen LogP) is 1.80. The number of fused-ring (bicyclic) bond motifs is 1. The van der Waals surface area contributed by atoms with Gasteiger partial charge in [0.1, 0.15) is 5.69 Å². The van der Waals surface area contributed by atoms with E-state index in [-0.39, 0.29) is 0 Å². The molecule has 0 atom stereocenters. The minimum Gasteiger partial charge on any atom is -0.278 e. The Balaban J connectivity index is 2.32. The maximum Gasteiger partial charge on any atom is 0.234 e. The van der Waals surface area contributed by atoms with Crippen molar-refractivity contribution < 1.29 is 0 Å². The third-order valence-corrected chi connectivity index (χ3v) is 2.58. The molecule has 3 rings (SSSR count). The summed E-state index contributed by atoms with van der Waals surface area (Å²) < 4.78 is 1.96. The maximum absolute atomic E-state index is 4.38. The zero-order valence-electron chi connectivity index (χ0n) is 9.62. The van der Waals surface area contributed by atoms with Gasteiger partial charge in [0.15, 0.2) is 5.82 Å². The Morgan fingerprint density at radius 1 is 1.06 bits per heavy atom. The van der Waals surface area contributed by atoms with Crippen molar-refractivity contribution in [1.82, 2.24) is 24.3 Å². The van der Waals surface area contributed by atoms with Crippen molar-refractivity contribution in [2.45, 2.75) is 13.8 Å². The summed E-state index contributed by atoms with van der Waals surface area (Å²) in [5.41, 5.74) is 2.90. The van der Waals surface area contributed by atoms with Gasteiger partial charge in [-0.05, 0) is 26.0 Å². The molecule has 0 aliphatic heterocycles. The first-order valence-electron chi connectivity index (χ1n) is 5.35. The Hall–Kier alpha value is -2.30. The second kappa shape index (κ2) is 3.62. The van der Waals surface area contributed by atoms with E-state index in [9.17, 15) is 0 Å². The number of aryl methyl sites for hydroxylation is 2. The normalized spacial score (nSPS) is 10.9. The lowest BCUT2D eigenvalue weighted by atomic mass is 10.3. The molecule has 0 saturated heterocycles. The molecule has 0 fully saturated rings. The summed E-state index contributed by atoms with van der Waals surface area (Å²) >= 11 is 0. The molecule has 0 spiro atoms. The van der Waals surface area contributed by atoms with Gasteiger partial charge in [0, 0.05) is 23.8 Å². The predicted molar refractivity (Wildman–Crippen MR) is 63.5 cm³/mol. The van der Waals surface area contributed by atoms with Crippen molar-refractivity contribution in [1.29, 1.82) is 0 Å². The fourth-order valence-corrected chi connectivity index (χ4v) is 1.91. The lowest BCUT2D eigenvalue weighted by Gasteiger charge is -2.04. The van der Waals surface area contributed by atoms with E-state index < -0.39 is 0 Å². The van der Waals surface area contributed by atoms with E-state index in [4.69, 9.17) is 0 Å². The van der Waals surface area contributed by atoms with E-state index in [1.165, 1.54) is 0 Å². The number of aromatic nitrogens is 5. The van der Waals surface area contributed by atoms with Crippen molar-refractivity contribution >= 4 is 5.78 Å². The SMILES string of the molecule is Cc1cc(C)n2c(-c3ncccn3)cnc2n1. The molecule has 5 nitrogen and oxygen atoms in total. The molecule has 0 N–H and O–H groups in total. The molecular weight excluding hydrogens is 214 g/mol. The van der Waals surface area contributed by atoms with Crippen LogP contribution in [0.2, 0.25) is 0 Å². The highest BCUT2D eigenvalue weighted by molar-refractivity contribution is 5.55. The van der Waals surface area contributed by atoms with Crippen LogP contribution in [0, 0.1) is 13.8 Å². The number of hydrogen-bond acceptors (Lipinski definition) is 4. The lowest BCUT2D eigenvalue weighted by Crippen LogP contribution is -1.99. The molecule has 0 aliphatic rings. The molecule has 0 unspecified atom stereocenters. The number of nitrogens with zero attached hydrogens (tertiary/aromatic N) is 5. The second-order valence-electron chi connectivity index (χ2n) is 3.89. The van der Waals surface area contributed by atoms with Crippen LogP contribution in [0.5, 0.6) is 0 Å². The highest BCUT2D eigenvalue weighted by atomic mass is 15.1. The molecule has 17 heavy (non-hydrogen) atoms. The summed E-state index contributed by atoms with van der Waals surface area (Å²) in [4.78, 5) is 17.1. The minimum atomic E-state index is 0.661. The molecule has 84 valence electrons. The summed E-state index contributed by atoms with van der Waals surface area (Å²) in [6.07, 6.45) is 5.20. The molecule has 0 amide bonds. The third kappa shape index (κ3) is 1.56. The van der Waals surface area contributed by atoms with Gasteiger partial charge in [-0.3, -0.25) is 4.40 Å². The first-order valence-corrected chi connectivity index (χ1v) is 5.35. The number of imidazole rings is 1. The van der Waals surface area contributed by atoms with Gasteiger partial charge in [-0.25, -0.2) is 19.9 Å².